The number of carbonyl (C=O) groups is 2. The van der Waals surface area contributed by atoms with Crippen molar-refractivity contribution in [2.75, 3.05) is 20.2 Å². The van der Waals surface area contributed by atoms with Gasteiger partial charge in [-0.05, 0) is 6.07 Å². The molecule has 1 aromatic carbocycles. The summed E-state index contributed by atoms with van der Waals surface area (Å²) in [5.41, 5.74) is 0.879. The largest absolute Gasteiger partial charge is 0.492 e. The number of fused-ring (bicyclic) bond motifs is 1. The average molecular weight is 249 g/mol. The molecule has 0 saturated heterocycles. The lowest BCUT2D eigenvalue weighted by Crippen LogP contribution is -2.34. The van der Waals surface area contributed by atoms with E-state index in [2.05, 4.69) is 0 Å². The van der Waals surface area contributed by atoms with Gasteiger partial charge in [-0.15, -0.1) is 0 Å². The topological polar surface area (TPSA) is 66.8 Å². The minimum absolute atomic E-state index is 0.0442. The van der Waals surface area contributed by atoms with Gasteiger partial charge in [0.1, 0.15) is 18.3 Å². The first-order valence-electron chi connectivity index (χ1n) is 5.78. The summed E-state index contributed by atoms with van der Waals surface area (Å²) >= 11 is 0. The lowest BCUT2D eigenvalue weighted by atomic mass is 10.00. The predicted molar refractivity (Wildman–Crippen MR) is 64.6 cm³/mol. The van der Waals surface area contributed by atoms with Crippen LogP contribution in [0, 0.1) is 0 Å². The van der Waals surface area contributed by atoms with Gasteiger partial charge in [0.05, 0.1) is 6.42 Å². The van der Waals surface area contributed by atoms with Crippen LogP contribution in [0.3, 0.4) is 0 Å². The SMILES string of the molecule is CN(CCC(=O)O)C(=O)C1COc2ccccc21. The molecule has 1 aliphatic rings. The van der Waals surface area contributed by atoms with E-state index in [1.165, 1.54) is 4.90 Å². The number of rotatable bonds is 4. The van der Waals surface area contributed by atoms with Crippen molar-refractivity contribution in [2.24, 2.45) is 0 Å². The highest BCUT2D eigenvalue weighted by atomic mass is 16.5. The summed E-state index contributed by atoms with van der Waals surface area (Å²) in [5.74, 6) is -0.582. The van der Waals surface area contributed by atoms with E-state index in [1.807, 2.05) is 24.3 Å². The Kier molecular flexibility index (Phi) is 3.50. The van der Waals surface area contributed by atoms with Crippen molar-refractivity contribution >= 4 is 11.9 Å². The third-order valence-corrected chi connectivity index (χ3v) is 3.04. The summed E-state index contributed by atoms with van der Waals surface area (Å²) in [5, 5.41) is 8.60. The Hall–Kier alpha value is -2.04. The first-order valence-corrected chi connectivity index (χ1v) is 5.78. The normalized spacial score (nSPS) is 16.8. The third-order valence-electron chi connectivity index (χ3n) is 3.04. The number of carboxylic acids is 1. The number of benzene rings is 1. The van der Waals surface area contributed by atoms with E-state index in [4.69, 9.17) is 9.84 Å². The van der Waals surface area contributed by atoms with Gasteiger partial charge in [-0.25, -0.2) is 0 Å². The van der Waals surface area contributed by atoms with E-state index in [-0.39, 0.29) is 24.8 Å². The van der Waals surface area contributed by atoms with E-state index >= 15 is 0 Å². The maximum absolute atomic E-state index is 12.2. The predicted octanol–water partition coefficient (Wildman–Crippen LogP) is 1.10. The molecule has 1 atom stereocenters. The van der Waals surface area contributed by atoms with Crippen molar-refractivity contribution in [1.82, 2.24) is 4.90 Å². The van der Waals surface area contributed by atoms with Gasteiger partial charge in [-0.3, -0.25) is 9.59 Å². The van der Waals surface area contributed by atoms with Gasteiger partial charge in [0.2, 0.25) is 5.91 Å². The lowest BCUT2D eigenvalue weighted by molar-refractivity contribution is -0.138. The Balaban J connectivity index is 2.05. The van der Waals surface area contributed by atoms with Crippen LogP contribution in [0.25, 0.3) is 0 Å². The highest BCUT2D eigenvalue weighted by Gasteiger charge is 2.31. The van der Waals surface area contributed by atoms with Crippen molar-refractivity contribution < 1.29 is 19.4 Å². The van der Waals surface area contributed by atoms with Crippen LogP contribution in [0.5, 0.6) is 5.75 Å². The number of amides is 1. The second-order valence-electron chi connectivity index (χ2n) is 4.30. The Morgan fingerprint density at radius 1 is 1.44 bits per heavy atom. The fourth-order valence-corrected chi connectivity index (χ4v) is 2.01. The number of aliphatic carboxylic acids is 1. The van der Waals surface area contributed by atoms with E-state index in [9.17, 15) is 9.59 Å². The molecule has 1 unspecified atom stereocenters. The molecule has 18 heavy (non-hydrogen) atoms. The molecule has 0 bridgehead atoms. The molecule has 0 aliphatic carbocycles. The van der Waals surface area contributed by atoms with Gasteiger partial charge in [-0.2, -0.15) is 0 Å². The Bertz CT molecular complexity index is 472. The van der Waals surface area contributed by atoms with Crippen LogP contribution in [0.1, 0.15) is 17.9 Å². The van der Waals surface area contributed by atoms with Crippen LogP contribution in [0.15, 0.2) is 24.3 Å². The van der Waals surface area contributed by atoms with Crippen LogP contribution in [0.2, 0.25) is 0 Å². The van der Waals surface area contributed by atoms with Crippen molar-refractivity contribution in [2.45, 2.75) is 12.3 Å². The Labute approximate surface area is 105 Å². The molecule has 0 spiro atoms. The molecular formula is C13H15NO4. The number of hydrogen-bond acceptors (Lipinski definition) is 3. The van der Waals surface area contributed by atoms with Crippen molar-refractivity contribution in [3.8, 4) is 5.75 Å². The maximum atomic E-state index is 12.2. The van der Waals surface area contributed by atoms with Gasteiger partial charge in [-0.1, -0.05) is 18.2 Å². The highest BCUT2D eigenvalue weighted by molar-refractivity contribution is 5.85. The van der Waals surface area contributed by atoms with Crippen molar-refractivity contribution in [3.63, 3.8) is 0 Å². The summed E-state index contributed by atoms with van der Waals surface area (Å²) in [7, 11) is 1.62. The summed E-state index contributed by atoms with van der Waals surface area (Å²) in [6.07, 6.45) is -0.0442. The zero-order valence-corrected chi connectivity index (χ0v) is 10.1. The van der Waals surface area contributed by atoms with Crippen LogP contribution in [0.4, 0.5) is 0 Å². The maximum Gasteiger partial charge on any atom is 0.305 e. The molecule has 96 valence electrons. The van der Waals surface area contributed by atoms with Gasteiger partial charge in [0.25, 0.3) is 0 Å². The Morgan fingerprint density at radius 2 is 2.17 bits per heavy atom. The second-order valence-corrected chi connectivity index (χ2v) is 4.30. The molecule has 2 rings (SSSR count). The number of para-hydroxylation sites is 1. The number of nitrogens with zero attached hydrogens (tertiary/aromatic N) is 1. The third kappa shape index (κ3) is 2.45. The quantitative estimate of drug-likeness (QED) is 0.867. The van der Waals surface area contributed by atoms with Gasteiger partial charge in [0, 0.05) is 19.2 Å². The smallest absolute Gasteiger partial charge is 0.305 e. The summed E-state index contributed by atoms with van der Waals surface area (Å²) in [6, 6.07) is 7.43. The highest BCUT2D eigenvalue weighted by Crippen LogP contribution is 2.34. The molecular weight excluding hydrogens is 234 g/mol. The number of carboxylic acid groups (broad SMARTS) is 1. The van der Waals surface area contributed by atoms with Crippen molar-refractivity contribution in [1.29, 1.82) is 0 Å². The standard InChI is InChI=1S/C13H15NO4/c1-14(7-6-12(15)16)13(17)10-8-18-11-5-3-2-4-9(10)11/h2-5,10H,6-8H2,1H3,(H,15,16). The van der Waals surface area contributed by atoms with Gasteiger partial charge < -0.3 is 14.7 Å². The number of hydrogen-bond donors (Lipinski definition) is 1. The fourth-order valence-electron chi connectivity index (χ4n) is 2.01. The molecule has 0 radical (unpaired) electrons. The molecule has 1 heterocycles. The minimum Gasteiger partial charge on any atom is -0.492 e. The number of carbonyl (C=O) groups excluding carboxylic acids is 1. The molecule has 5 heteroatoms. The zero-order chi connectivity index (χ0) is 13.1. The first-order chi connectivity index (χ1) is 8.59. The van der Waals surface area contributed by atoms with E-state index in [1.54, 1.807) is 7.05 Å². The van der Waals surface area contributed by atoms with Crippen LogP contribution >= 0.6 is 0 Å². The van der Waals surface area contributed by atoms with Gasteiger partial charge in [0.15, 0.2) is 0 Å². The molecule has 0 saturated carbocycles. The van der Waals surface area contributed by atoms with Crippen LogP contribution in [-0.2, 0) is 9.59 Å². The average Bonchev–Trinajstić information content (AvgIpc) is 2.78. The van der Waals surface area contributed by atoms with Gasteiger partial charge >= 0.3 is 5.97 Å². The molecule has 1 N–H and O–H groups in total. The molecule has 1 amide bonds. The molecule has 0 fully saturated rings. The van der Waals surface area contributed by atoms with Crippen LogP contribution in [-0.4, -0.2) is 42.1 Å². The fraction of sp³-hybridized carbons (Fsp3) is 0.385. The monoisotopic (exact) mass is 249 g/mol. The summed E-state index contributed by atoms with van der Waals surface area (Å²) in [4.78, 5) is 24.1. The van der Waals surface area contributed by atoms with E-state index < -0.39 is 5.97 Å². The summed E-state index contributed by atoms with van der Waals surface area (Å²) in [6.45, 7) is 0.544. The minimum atomic E-state index is -0.905. The van der Waals surface area contributed by atoms with E-state index in [0.29, 0.717) is 6.61 Å². The molecule has 5 nitrogen and oxygen atoms in total. The molecule has 0 aromatic heterocycles. The molecule has 1 aromatic rings. The van der Waals surface area contributed by atoms with Crippen LogP contribution < -0.4 is 4.74 Å². The number of likely N-dealkylation sites (N-methyl/N-ethyl adjacent to an activating group) is 1. The lowest BCUT2D eigenvalue weighted by Gasteiger charge is -2.19. The first kappa shape index (κ1) is 12.4. The Morgan fingerprint density at radius 3 is 2.89 bits per heavy atom. The zero-order valence-electron chi connectivity index (χ0n) is 10.1. The second kappa shape index (κ2) is 5.08. The summed E-state index contributed by atoms with van der Waals surface area (Å²) < 4.78 is 5.44. The number of ether oxygens (including phenoxy) is 1. The van der Waals surface area contributed by atoms with Crippen molar-refractivity contribution in [3.05, 3.63) is 29.8 Å². The van der Waals surface area contributed by atoms with E-state index in [0.717, 1.165) is 11.3 Å². The molecule has 1 aliphatic heterocycles.